The number of nitrogens with one attached hydrogen (secondary N) is 1. The summed E-state index contributed by atoms with van der Waals surface area (Å²) in [6, 6.07) is 0.897. The molecule has 2 heterocycles. The SMILES string of the molecule is Cc1noc(CNS(=O)(=O)c2cc([N+](=O)[O-])c(Cl)s2)n1. The van der Waals surface area contributed by atoms with Gasteiger partial charge < -0.3 is 4.52 Å². The van der Waals surface area contributed by atoms with Crippen LogP contribution in [-0.4, -0.2) is 23.5 Å². The van der Waals surface area contributed by atoms with Crippen molar-refractivity contribution in [1.29, 1.82) is 0 Å². The molecule has 2 aromatic rings. The standard InChI is InChI=1S/C8H7ClN4O5S2/c1-4-11-6(18-12-4)3-10-20(16,17)7-2-5(13(14)15)8(9)19-7/h2,10H,3H2,1H3. The number of aromatic nitrogens is 2. The van der Waals surface area contributed by atoms with E-state index in [1.807, 2.05) is 0 Å². The van der Waals surface area contributed by atoms with Crippen LogP contribution >= 0.6 is 22.9 Å². The van der Waals surface area contributed by atoms with Crippen molar-refractivity contribution in [3.05, 3.63) is 32.2 Å². The maximum Gasteiger partial charge on any atom is 0.300 e. The highest BCUT2D eigenvalue weighted by Gasteiger charge is 2.25. The summed E-state index contributed by atoms with van der Waals surface area (Å²) in [5.41, 5.74) is -0.453. The second-order valence-corrected chi connectivity index (χ2v) is 7.19. The number of hydrogen-bond acceptors (Lipinski definition) is 8. The highest BCUT2D eigenvalue weighted by atomic mass is 35.5. The number of thiophene rings is 1. The van der Waals surface area contributed by atoms with Gasteiger partial charge in [0.25, 0.3) is 15.7 Å². The van der Waals surface area contributed by atoms with Crippen molar-refractivity contribution in [2.75, 3.05) is 0 Å². The third-order valence-electron chi connectivity index (χ3n) is 2.09. The summed E-state index contributed by atoms with van der Waals surface area (Å²) in [5, 5.41) is 14.1. The molecule has 0 saturated heterocycles. The molecule has 0 fully saturated rings. The molecule has 0 aromatic carbocycles. The smallest absolute Gasteiger partial charge is 0.300 e. The summed E-state index contributed by atoms with van der Waals surface area (Å²) in [7, 11) is -3.93. The molecule has 12 heteroatoms. The van der Waals surface area contributed by atoms with Crippen molar-refractivity contribution >= 4 is 38.6 Å². The second kappa shape index (κ2) is 5.44. The van der Waals surface area contributed by atoms with Gasteiger partial charge in [0.2, 0.25) is 5.89 Å². The summed E-state index contributed by atoms with van der Waals surface area (Å²) in [6.07, 6.45) is 0. The largest absolute Gasteiger partial charge is 0.338 e. The number of rotatable bonds is 5. The van der Waals surface area contributed by atoms with Crippen molar-refractivity contribution in [3.63, 3.8) is 0 Å². The summed E-state index contributed by atoms with van der Waals surface area (Å²) in [5.74, 6) is 0.456. The van der Waals surface area contributed by atoms with Crippen LogP contribution in [-0.2, 0) is 16.6 Å². The van der Waals surface area contributed by atoms with E-state index in [9.17, 15) is 18.5 Å². The fourth-order valence-electron chi connectivity index (χ4n) is 1.24. The van der Waals surface area contributed by atoms with Gasteiger partial charge in [0.05, 0.1) is 11.5 Å². The van der Waals surface area contributed by atoms with E-state index in [4.69, 9.17) is 16.1 Å². The molecule has 9 nitrogen and oxygen atoms in total. The summed E-state index contributed by atoms with van der Waals surface area (Å²) < 4.78 is 30.3. The Balaban J connectivity index is 2.18. The Hall–Kier alpha value is -1.56. The number of sulfonamides is 1. The highest BCUT2D eigenvalue weighted by Crippen LogP contribution is 2.36. The van der Waals surface area contributed by atoms with Gasteiger partial charge in [-0.3, -0.25) is 10.1 Å². The molecule has 2 rings (SSSR count). The van der Waals surface area contributed by atoms with Crippen molar-refractivity contribution < 1.29 is 17.9 Å². The predicted molar refractivity (Wildman–Crippen MR) is 69.0 cm³/mol. The van der Waals surface area contributed by atoms with Crippen LogP contribution in [0.4, 0.5) is 5.69 Å². The Morgan fingerprint density at radius 3 is 2.80 bits per heavy atom. The van der Waals surface area contributed by atoms with Crippen LogP contribution in [0, 0.1) is 17.0 Å². The number of hydrogen-bond donors (Lipinski definition) is 1. The van der Waals surface area contributed by atoms with E-state index >= 15 is 0 Å². The molecule has 0 saturated carbocycles. The van der Waals surface area contributed by atoms with Crippen LogP contribution in [0.15, 0.2) is 14.8 Å². The van der Waals surface area contributed by atoms with Crippen LogP contribution < -0.4 is 4.72 Å². The van der Waals surface area contributed by atoms with Gasteiger partial charge in [-0.05, 0) is 6.92 Å². The Morgan fingerprint density at radius 2 is 2.30 bits per heavy atom. The Kier molecular flexibility index (Phi) is 4.04. The summed E-state index contributed by atoms with van der Waals surface area (Å²) >= 11 is 6.21. The van der Waals surface area contributed by atoms with Gasteiger partial charge in [-0.1, -0.05) is 16.8 Å². The first-order valence-corrected chi connectivity index (χ1v) is 7.70. The Bertz CT molecular complexity index is 753. The zero-order valence-corrected chi connectivity index (χ0v) is 12.3. The number of nitrogens with zero attached hydrogens (tertiary/aromatic N) is 3. The molecule has 20 heavy (non-hydrogen) atoms. The van der Waals surface area contributed by atoms with Gasteiger partial charge in [0.1, 0.15) is 4.21 Å². The molecule has 0 atom stereocenters. The number of nitro groups is 1. The molecule has 0 spiro atoms. The van der Waals surface area contributed by atoms with Gasteiger partial charge in [-0.2, -0.15) is 4.98 Å². The maximum atomic E-state index is 11.9. The first-order valence-electron chi connectivity index (χ1n) is 5.02. The van der Waals surface area contributed by atoms with Crippen LogP contribution in [0.5, 0.6) is 0 Å². The van der Waals surface area contributed by atoms with Crippen molar-refractivity contribution in [1.82, 2.24) is 14.9 Å². The highest BCUT2D eigenvalue weighted by molar-refractivity contribution is 7.91. The Labute approximate surface area is 121 Å². The zero-order chi connectivity index (χ0) is 14.9. The lowest BCUT2D eigenvalue weighted by atomic mass is 10.6. The van der Waals surface area contributed by atoms with Gasteiger partial charge in [0.15, 0.2) is 10.2 Å². The monoisotopic (exact) mass is 338 g/mol. The average molecular weight is 339 g/mol. The molecule has 0 aliphatic rings. The lowest BCUT2D eigenvalue weighted by Gasteiger charge is -2.00. The first kappa shape index (κ1) is 14.8. The van der Waals surface area contributed by atoms with E-state index < -0.39 is 20.6 Å². The molecule has 0 aliphatic carbocycles. The van der Waals surface area contributed by atoms with Gasteiger partial charge in [-0.25, -0.2) is 13.1 Å². The number of halogens is 1. The third kappa shape index (κ3) is 3.12. The Morgan fingerprint density at radius 1 is 1.60 bits per heavy atom. The average Bonchev–Trinajstić information content (AvgIpc) is 2.93. The van der Waals surface area contributed by atoms with Crippen LogP contribution in [0.1, 0.15) is 11.7 Å². The van der Waals surface area contributed by atoms with Crippen LogP contribution in [0.3, 0.4) is 0 Å². The van der Waals surface area contributed by atoms with Gasteiger partial charge >= 0.3 is 0 Å². The molecule has 1 N–H and O–H groups in total. The molecule has 0 unspecified atom stereocenters. The minimum Gasteiger partial charge on any atom is -0.338 e. The second-order valence-electron chi connectivity index (χ2n) is 3.54. The fourth-order valence-corrected chi connectivity index (χ4v) is 3.92. The molecular formula is C8H7ClN4O5S2. The fraction of sp³-hybridized carbons (Fsp3) is 0.250. The lowest BCUT2D eigenvalue weighted by molar-refractivity contribution is -0.384. The minimum absolute atomic E-state index is 0.0863. The minimum atomic E-state index is -3.93. The van der Waals surface area contributed by atoms with E-state index in [1.165, 1.54) is 0 Å². The summed E-state index contributed by atoms with van der Waals surface area (Å²) in [4.78, 5) is 13.7. The molecule has 108 valence electrons. The molecule has 0 amide bonds. The molecule has 0 bridgehead atoms. The number of aryl methyl sites for hydroxylation is 1. The van der Waals surface area contributed by atoms with Gasteiger partial charge in [-0.15, -0.1) is 11.3 Å². The normalized spacial score (nSPS) is 11.7. The summed E-state index contributed by atoms with van der Waals surface area (Å²) in [6.45, 7) is 1.37. The molecular weight excluding hydrogens is 332 g/mol. The van der Waals surface area contributed by atoms with Crippen molar-refractivity contribution in [2.24, 2.45) is 0 Å². The quantitative estimate of drug-likeness (QED) is 0.645. The predicted octanol–water partition coefficient (Wildman–Crippen LogP) is 1.48. The third-order valence-corrected chi connectivity index (χ3v) is 5.30. The first-order chi connectivity index (χ1) is 9.29. The molecule has 0 aliphatic heterocycles. The molecule has 2 aromatic heterocycles. The molecule has 0 radical (unpaired) electrons. The zero-order valence-electron chi connectivity index (χ0n) is 9.86. The van der Waals surface area contributed by atoms with Crippen molar-refractivity contribution in [2.45, 2.75) is 17.7 Å². The van der Waals surface area contributed by atoms with Gasteiger partial charge in [0, 0.05) is 6.07 Å². The topological polar surface area (TPSA) is 128 Å². The van der Waals surface area contributed by atoms with E-state index in [0.717, 1.165) is 6.07 Å². The maximum absolute atomic E-state index is 11.9. The van der Waals surface area contributed by atoms with Crippen LogP contribution in [0.25, 0.3) is 0 Å². The lowest BCUT2D eigenvalue weighted by Crippen LogP contribution is -2.22. The van der Waals surface area contributed by atoms with E-state index in [-0.39, 0.29) is 21.0 Å². The van der Waals surface area contributed by atoms with E-state index in [2.05, 4.69) is 14.9 Å². The van der Waals surface area contributed by atoms with Crippen molar-refractivity contribution in [3.8, 4) is 0 Å². The van der Waals surface area contributed by atoms with Crippen LogP contribution in [0.2, 0.25) is 4.34 Å². The van der Waals surface area contributed by atoms with E-state index in [1.54, 1.807) is 6.92 Å². The van der Waals surface area contributed by atoms with E-state index in [0.29, 0.717) is 17.2 Å².